The van der Waals surface area contributed by atoms with E-state index in [4.69, 9.17) is 5.73 Å². The molecule has 0 radical (unpaired) electrons. The number of hydrogen-bond acceptors (Lipinski definition) is 5. The van der Waals surface area contributed by atoms with Crippen molar-refractivity contribution in [3.63, 3.8) is 0 Å². The second-order valence-corrected chi connectivity index (χ2v) is 5.37. The molecule has 2 atom stereocenters. The summed E-state index contributed by atoms with van der Waals surface area (Å²) in [4.78, 5) is 14.6. The molecule has 1 aromatic heterocycles. The van der Waals surface area contributed by atoms with Crippen LogP contribution in [-0.2, 0) is 0 Å². The minimum absolute atomic E-state index is 0.149. The first kappa shape index (κ1) is 12.3. The van der Waals surface area contributed by atoms with E-state index in [0.717, 1.165) is 19.4 Å². The van der Waals surface area contributed by atoms with Crippen LogP contribution in [0.5, 0.6) is 0 Å². The molecule has 3 heterocycles. The van der Waals surface area contributed by atoms with Crippen molar-refractivity contribution in [2.75, 3.05) is 18.8 Å². The number of nitrogens with one attached hydrogen (secondary N) is 1. The Kier molecular flexibility index (Phi) is 3.33. The molecular weight excluding hydrogens is 242 g/mol. The highest BCUT2D eigenvalue weighted by atomic mass is 16.2. The SMILES string of the molecule is Nc1ccc(C(=O)NC2CCN3CCCC3C2)nn1. The Morgan fingerprint density at radius 3 is 3.00 bits per heavy atom. The van der Waals surface area contributed by atoms with Crippen molar-refractivity contribution < 1.29 is 4.79 Å². The molecule has 6 heteroatoms. The highest BCUT2D eigenvalue weighted by Gasteiger charge is 2.32. The van der Waals surface area contributed by atoms with Crippen LogP contribution in [0.3, 0.4) is 0 Å². The van der Waals surface area contributed by atoms with Gasteiger partial charge in [-0.15, -0.1) is 10.2 Å². The van der Waals surface area contributed by atoms with Crippen LogP contribution >= 0.6 is 0 Å². The van der Waals surface area contributed by atoms with E-state index < -0.39 is 0 Å². The molecule has 2 fully saturated rings. The molecule has 2 aliphatic rings. The van der Waals surface area contributed by atoms with Gasteiger partial charge in [-0.2, -0.15) is 0 Å². The van der Waals surface area contributed by atoms with Crippen LogP contribution in [0.2, 0.25) is 0 Å². The Labute approximate surface area is 112 Å². The minimum Gasteiger partial charge on any atom is -0.382 e. The van der Waals surface area contributed by atoms with Crippen LogP contribution in [0, 0.1) is 0 Å². The zero-order valence-electron chi connectivity index (χ0n) is 10.9. The van der Waals surface area contributed by atoms with Gasteiger partial charge in [-0.05, 0) is 44.4 Å². The summed E-state index contributed by atoms with van der Waals surface area (Å²) < 4.78 is 0. The molecular formula is C13H19N5O. The summed E-state index contributed by atoms with van der Waals surface area (Å²) >= 11 is 0. The van der Waals surface area contributed by atoms with Gasteiger partial charge in [0.15, 0.2) is 5.69 Å². The fourth-order valence-corrected chi connectivity index (χ4v) is 3.08. The molecule has 0 aromatic carbocycles. The maximum Gasteiger partial charge on any atom is 0.272 e. The molecule has 2 saturated heterocycles. The number of hydrogen-bond donors (Lipinski definition) is 2. The van der Waals surface area contributed by atoms with Crippen molar-refractivity contribution in [3.8, 4) is 0 Å². The maximum atomic E-state index is 12.0. The monoisotopic (exact) mass is 261 g/mol. The number of rotatable bonds is 2. The van der Waals surface area contributed by atoms with E-state index in [1.54, 1.807) is 12.1 Å². The number of piperidine rings is 1. The van der Waals surface area contributed by atoms with E-state index in [1.165, 1.54) is 19.4 Å². The first-order valence-corrected chi connectivity index (χ1v) is 6.86. The normalized spacial score (nSPS) is 26.9. The predicted octanol–water partition coefficient (Wildman–Crippen LogP) is 0.415. The lowest BCUT2D eigenvalue weighted by Crippen LogP contribution is -2.47. The van der Waals surface area contributed by atoms with Gasteiger partial charge in [-0.1, -0.05) is 0 Å². The van der Waals surface area contributed by atoms with Gasteiger partial charge in [0.2, 0.25) is 0 Å². The number of aromatic nitrogens is 2. The van der Waals surface area contributed by atoms with Crippen LogP contribution < -0.4 is 11.1 Å². The van der Waals surface area contributed by atoms with Gasteiger partial charge < -0.3 is 16.0 Å². The molecule has 1 aromatic rings. The van der Waals surface area contributed by atoms with Gasteiger partial charge in [0.1, 0.15) is 5.82 Å². The number of carbonyl (C=O) groups is 1. The Bertz CT molecular complexity index is 461. The lowest BCUT2D eigenvalue weighted by Gasteiger charge is -2.35. The predicted molar refractivity (Wildman–Crippen MR) is 71.5 cm³/mol. The number of nitrogens with two attached hydrogens (primary N) is 1. The lowest BCUT2D eigenvalue weighted by atomic mass is 9.97. The highest BCUT2D eigenvalue weighted by molar-refractivity contribution is 5.92. The van der Waals surface area contributed by atoms with Crippen molar-refractivity contribution in [2.45, 2.75) is 37.8 Å². The Hall–Kier alpha value is -1.69. The number of nitrogens with zero attached hydrogens (tertiary/aromatic N) is 3. The van der Waals surface area contributed by atoms with E-state index in [2.05, 4.69) is 20.4 Å². The molecule has 102 valence electrons. The largest absolute Gasteiger partial charge is 0.382 e. The summed E-state index contributed by atoms with van der Waals surface area (Å²) in [5, 5.41) is 10.6. The van der Waals surface area contributed by atoms with Crippen LogP contribution in [0.1, 0.15) is 36.2 Å². The molecule has 3 N–H and O–H groups in total. The summed E-state index contributed by atoms with van der Waals surface area (Å²) in [7, 11) is 0. The van der Waals surface area contributed by atoms with Crippen LogP contribution in [0.15, 0.2) is 12.1 Å². The molecule has 6 nitrogen and oxygen atoms in total. The van der Waals surface area contributed by atoms with Crippen molar-refractivity contribution in [1.29, 1.82) is 0 Å². The van der Waals surface area contributed by atoms with Gasteiger partial charge in [0.25, 0.3) is 5.91 Å². The zero-order chi connectivity index (χ0) is 13.2. The van der Waals surface area contributed by atoms with Crippen LogP contribution in [0.4, 0.5) is 5.82 Å². The third-order valence-electron chi connectivity index (χ3n) is 4.07. The van der Waals surface area contributed by atoms with Crippen molar-refractivity contribution in [2.24, 2.45) is 0 Å². The van der Waals surface area contributed by atoms with Gasteiger partial charge >= 0.3 is 0 Å². The average Bonchev–Trinajstić information content (AvgIpc) is 2.87. The van der Waals surface area contributed by atoms with Crippen LogP contribution in [0.25, 0.3) is 0 Å². The molecule has 0 aliphatic carbocycles. The third-order valence-corrected chi connectivity index (χ3v) is 4.07. The fourth-order valence-electron chi connectivity index (χ4n) is 3.08. The van der Waals surface area contributed by atoms with Gasteiger partial charge in [0, 0.05) is 18.6 Å². The summed E-state index contributed by atoms with van der Waals surface area (Å²) in [6.07, 6.45) is 4.61. The number of nitrogen functional groups attached to an aromatic ring is 1. The summed E-state index contributed by atoms with van der Waals surface area (Å²) in [6, 6.07) is 4.12. The van der Waals surface area contributed by atoms with Gasteiger partial charge in [-0.3, -0.25) is 4.79 Å². The van der Waals surface area contributed by atoms with Crippen LogP contribution in [-0.4, -0.2) is 46.2 Å². The number of carbonyl (C=O) groups excluding carboxylic acids is 1. The Morgan fingerprint density at radius 2 is 2.21 bits per heavy atom. The molecule has 0 spiro atoms. The molecule has 2 aliphatic heterocycles. The second kappa shape index (κ2) is 5.13. The van der Waals surface area contributed by atoms with Gasteiger partial charge in [-0.25, -0.2) is 0 Å². The standard InChI is InChI=1S/C13H19N5O/c14-12-4-3-11(16-17-12)13(19)15-9-5-7-18-6-1-2-10(18)8-9/h3-4,9-10H,1-2,5-8H2,(H2,14,17)(H,15,19). The van der Waals surface area contributed by atoms with Crippen molar-refractivity contribution in [3.05, 3.63) is 17.8 Å². The van der Waals surface area contributed by atoms with E-state index >= 15 is 0 Å². The van der Waals surface area contributed by atoms with Crippen molar-refractivity contribution in [1.82, 2.24) is 20.4 Å². The second-order valence-electron chi connectivity index (χ2n) is 5.37. The summed E-state index contributed by atoms with van der Waals surface area (Å²) in [6.45, 7) is 2.30. The molecule has 0 bridgehead atoms. The Balaban J connectivity index is 1.59. The lowest BCUT2D eigenvalue weighted by molar-refractivity contribution is 0.0890. The molecule has 3 rings (SSSR count). The highest BCUT2D eigenvalue weighted by Crippen LogP contribution is 2.26. The number of fused-ring (bicyclic) bond motifs is 1. The maximum absolute atomic E-state index is 12.0. The van der Waals surface area contributed by atoms with E-state index in [1.807, 2.05) is 0 Å². The summed E-state index contributed by atoms with van der Waals surface area (Å²) in [5.41, 5.74) is 5.79. The fraction of sp³-hybridized carbons (Fsp3) is 0.615. The molecule has 0 saturated carbocycles. The van der Waals surface area contributed by atoms with E-state index in [0.29, 0.717) is 17.6 Å². The first-order valence-electron chi connectivity index (χ1n) is 6.86. The Morgan fingerprint density at radius 1 is 1.32 bits per heavy atom. The first-order chi connectivity index (χ1) is 9.22. The summed E-state index contributed by atoms with van der Waals surface area (Å²) in [5.74, 6) is 0.180. The quantitative estimate of drug-likeness (QED) is 0.806. The topological polar surface area (TPSA) is 84.1 Å². The molecule has 19 heavy (non-hydrogen) atoms. The molecule has 1 amide bonds. The number of anilines is 1. The third kappa shape index (κ3) is 2.68. The molecule has 2 unspecified atom stereocenters. The van der Waals surface area contributed by atoms with Gasteiger partial charge in [0.05, 0.1) is 0 Å². The average molecular weight is 261 g/mol. The van der Waals surface area contributed by atoms with Crippen molar-refractivity contribution >= 4 is 11.7 Å². The number of amides is 1. The minimum atomic E-state index is -0.149. The van der Waals surface area contributed by atoms with E-state index in [-0.39, 0.29) is 11.9 Å². The smallest absolute Gasteiger partial charge is 0.272 e. The zero-order valence-corrected chi connectivity index (χ0v) is 10.9. The van der Waals surface area contributed by atoms with E-state index in [9.17, 15) is 4.79 Å².